The topological polar surface area (TPSA) is 68.5 Å². The number of carbonyl (C=O) groups excluding carboxylic acids is 1. The number of amides is 1. The second-order valence-electron chi connectivity index (χ2n) is 7.17. The van der Waals surface area contributed by atoms with Crippen molar-refractivity contribution < 1.29 is 13.9 Å². The highest BCUT2D eigenvalue weighted by Gasteiger charge is 2.16. The van der Waals surface area contributed by atoms with Crippen LogP contribution in [-0.2, 0) is 4.79 Å². The van der Waals surface area contributed by atoms with Crippen LogP contribution in [0.4, 0.5) is 4.39 Å². The van der Waals surface area contributed by atoms with Gasteiger partial charge in [0.2, 0.25) is 0 Å². The standard InChI is InChI=1S/C23H25FN4O2/c1-14-7-6-8-22(15(14)2)30-18(5)23(29)26-25-13-21-16(3)27-28(17(21)4)20-11-9-19(24)10-12-20/h6-13,18H,1-5H3,(H,26,29)/b25-13-/t18-/m1/s1. The van der Waals surface area contributed by atoms with Crippen molar-refractivity contribution in [2.45, 2.75) is 40.7 Å². The second kappa shape index (κ2) is 8.90. The molecule has 156 valence electrons. The van der Waals surface area contributed by atoms with Crippen LogP contribution in [0.3, 0.4) is 0 Å². The second-order valence-corrected chi connectivity index (χ2v) is 7.17. The summed E-state index contributed by atoms with van der Waals surface area (Å²) in [6.45, 7) is 9.36. The summed E-state index contributed by atoms with van der Waals surface area (Å²) in [4.78, 5) is 12.4. The van der Waals surface area contributed by atoms with Gasteiger partial charge in [-0.05, 0) is 76.1 Å². The quantitative estimate of drug-likeness (QED) is 0.492. The van der Waals surface area contributed by atoms with Crippen LogP contribution >= 0.6 is 0 Å². The third kappa shape index (κ3) is 4.56. The SMILES string of the molecule is Cc1cccc(O[C@H](C)C(=O)N/N=C\c2c(C)nn(-c3ccc(F)cc3)c2C)c1C. The van der Waals surface area contributed by atoms with E-state index in [0.717, 1.165) is 33.8 Å². The minimum absolute atomic E-state index is 0.304. The highest BCUT2D eigenvalue weighted by atomic mass is 19.1. The van der Waals surface area contributed by atoms with Crippen molar-refractivity contribution in [3.63, 3.8) is 0 Å². The van der Waals surface area contributed by atoms with Crippen molar-refractivity contribution in [2.75, 3.05) is 0 Å². The molecule has 1 amide bonds. The largest absolute Gasteiger partial charge is 0.481 e. The first-order chi connectivity index (χ1) is 14.3. The van der Waals surface area contributed by atoms with E-state index >= 15 is 0 Å². The van der Waals surface area contributed by atoms with Gasteiger partial charge in [0.1, 0.15) is 11.6 Å². The number of aryl methyl sites for hydroxylation is 2. The van der Waals surface area contributed by atoms with Crippen LogP contribution in [0, 0.1) is 33.5 Å². The lowest BCUT2D eigenvalue weighted by Crippen LogP contribution is -2.33. The highest BCUT2D eigenvalue weighted by Crippen LogP contribution is 2.22. The Labute approximate surface area is 175 Å². The molecule has 0 aliphatic rings. The molecule has 0 fully saturated rings. The molecule has 0 saturated heterocycles. The van der Waals surface area contributed by atoms with Gasteiger partial charge in [-0.3, -0.25) is 4.79 Å². The molecule has 1 aromatic heterocycles. The number of hydrazone groups is 1. The molecule has 0 spiro atoms. The van der Waals surface area contributed by atoms with Crippen molar-refractivity contribution in [1.29, 1.82) is 0 Å². The predicted molar refractivity (Wildman–Crippen MR) is 115 cm³/mol. The van der Waals surface area contributed by atoms with Crippen molar-refractivity contribution in [3.8, 4) is 11.4 Å². The van der Waals surface area contributed by atoms with Gasteiger partial charge in [-0.2, -0.15) is 10.2 Å². The van der Waals surface area contributed by atoms with Crippen LogP contribution in [-0.4, -0.2) is 28.0 Å². The Morgan fingerprint density at radius 2 is 1.87 bits per heavy atom. The van der Waals surface area contributed by atoms with E-state index in [2.05, 4.69) is 15.6 Å². The Hall–Kier alpha value is -3.48. The fraction of sp³-hybridized carbons (Fsp3) is 0.261. The van der Waals surface area contributed by atoms with E-state index in [-0.39, 0.29) is 11.7 Å². The number of nitrogens with zero attached hydrogens (tertiary/aromatic N) is 3. The normalized spacial score (nSPS) is 12.2. The van der Waals surface area contributed by atoms with Crippen LogP contribution in [0.1, 0.15) is 35.0 Å². The number of carbonyl (C=O) groups is 1. The van der Waals surface area contributed by atoms with Gasteiger partial charge in [0.05, 0.1) is 23.3 Å². The molecular weight excluding hydrogens is 383 g/mol. The molecule has 0 radical (unpaired) electrons. The van der Waals surface area contributed by atoms with Crippen molar-refractivity contribution in [3.05, 3.63) is 76.4 Å². The predicted octanol–water partition coefficient (Wildman–Crippen LogP) is 4.16. The van der Waals surface area contributed by atoms with Gasteiger partial charge in [0, 0.05) is 5.56 Å². The van der Waals surface area contributed by atoms with Gasteiger partial charge in [-0.15, -0.1) is 0 Å². The lowest BCUT2D eigenvalue weighted by Gasteiger charge is -2.15. The first-order valence-electron chi connectivity index (χ1n) is 9.66. The van der Waals surface area contributed by atoms with Crippen LogP contribution in [0.5, 0.6) is 5.75 Å². The summed E-state index contributed by atoms with van der Waals surface area (Å²) in [5.41, 5.74) is 7.72. The summed E-state index contributed by atoms with van der Waals surface area (Å²) in [5, 5.41) is 8.55. The van der Waals surface area contributed by atoms with E-state index in [1.807, 2.05) is 45.9 Å². The van der Waals surface area contributed by atoms with E-state index in [4.69, 9.17) is 4.74 Å². The zero-order valence-corrected chi connectivity index (χ0v) is 17.7. The summed E-state index contributed by atoms with van der Waals surface area (Å²) in [6, 6.07) is 11.8. The van der Waals surface area contributed by atoms with Crippen molar-refractivity contribution in [1.82, 2.24) is 15.2 Å². The minimum Gasteiger partial charge on any atom is -0.481 e. The lowest BCUT2D eigenvalue weighted by atomic mass is 10.1. The monoisotopic (exact) mass is 408 g/mol. The lowest BCUT2D eigenvalue weighted by molar-refractivity contribution is -0.127. The average Bonchev–Trinajstić information content (AvgIpc) is 3.00. The first kappa shape index (κ1) is 21.2. The molecule has 3 rings (SSSR count). The maximum absolute atomic E-state index is 13.2. The minimum atomic E-state index is -0.702. The fourth-order valence-electron chi connectivity index (χ4n) is 3.02. The smallest absolute Gasteiger partial charge is 0.280 e. The third-order valence-electron chi connectivity index (χ3n) is 5.01. The fourth-order valence-corrected chi connectivity index (χ4v) is 3.02. The third-order valence-corrected chi connectivity index (χ3v) is 5.01. The number of halogens is 1. The van der Waals surface area contributed by atoms with Crippen LogP contribution in [0.2, 0.25) is 0 Å². The number of hydrogen-bond donors (Lipinski definition) is 1. The van der Waals surface area contributed by atoms with Crippen LogP contribution in [0.25, 0.3) is 5.69 Å². The van der Waals surface area contributed by atoms with E-state index in [1.54, 1.807) is 30.0 Å². The first-order valence-corrected chi connectivity index (χ1v) is 9.66. The summed E-state index contributed by atoms with van der Waals surface area (Å²) in [6.07, 6.45) is 0.854. The molecule has 6 nitrogen and oxygen atoms in total. The molecule has 1 N–H and O–H groups in total. The van der Waals surface area contributed by atoms with E-state index in [0.29, 0.717) is 5.75 Å². The Morgan fingerprint density at radius 1 is 1.17 bits per heavy atom. The van der Waals surface area contributed by atoms with Crippen LogP contribution < -0.4 is 10.2 Å². The Morgan fingerprint density at radius 3 is 2.57 bits per heavy atom. The molecular formula is C23H25FN4O2. The molecule has 0 aliphatic heterocycles. The number of rotatable bonds is 6. The summed E-state index contributed by atoms with van der Waals surface area (Å²) in [5.74, 6) is 0.0178. The van der Waals surface area contributed by atoms with E-state index in [1.165, 1.54) is 12.1 Å². The number of aromatic nitrogens is 2. The van der Waals surface area contributed by atoms with Crippen molar-refractivity contribution >= 4 is 12.1 Å². The molecule has 7 heteroatoms. The average molecular weight is 408 g/mol. The van der Waals surface area contributed by atoms with Crippen LogP contribution in [0.15, 0.2) is 47.6 Å². The molecule has 2 aromatic carbocycles. The van der Waals surface area contributed by atoms with Gasteiger partial charge in [-0.1, -0.05) is 12.1 Å². The number of ether oxygens (including phenoxy) is 1. The maximum Gasteiger partial charge on any atom is 0.280 e. The molecule has 0 saturated carbocycles. The number of nitrogens with one attached hydrogen (secondary N) is 1. The number of benzene rings is 2. The van der Waals surface area contributed by atoms with Gasteiger partial charge in [-0.25, -0.2) is 14.5 Å². The van der Waals surface area contributed by atoms with Gasteiger partial charge in [0.25, 0.3) is 5.91 Å². The molecule has 0 bridgehead atoms. The Kier molecular flexibility index (Phi) is 6.30. The van der Waals surface area contributed by atoms with Gasteiger partial charge in [0.15, 0.2) is 6.10 Å². The molecule has 1 atom stereocenters. The Balaban J connectivity index is 1.68. The zero-order chi connectivity index (χ0) is 21.8. The van der Waals surface area contributed by atoms with Gasteiger partial charge < -0.3 is 4.74 Å². The zero-order valence-electron chi connectivity index (χ0n) is 17.7. The Bertz CT molecular complexity index is 1090. The summed E-state index contributed by atoms with van der Waals surface area (Å²) < 4.78 is 20.7. The summed E-state index contributed by atoms with van der Waals surface area (Å²) in [7, 11) is 0. The number of hydrogen-bond acceptors (Lipinski definition) is 4. The highest BCUT2D eigenvalue weighted by molar-refractivity contribution is 5.86. The molecule has 1 heterocycles. The van der Waals surface area contributed by atoms with Crippen molar-refractivity contribution in [2.24, 2.45) is 5.10 Å². The molecule has 3 aromatic rings. The molecule has 30 heavy (non-hydrogen) atoms. The van der Waals surface area contributed by atoms with Gasteiger partial charge >= 0.3 is 0 Å². The van der Waals surface area contributed by atoms with E-state index in [9.17, 15) is 9.18 Å². The molecule has 0 aliphatic carbocycles. The molecule has 0 unspecified atom stereocenters. The van der Waals surface area contributed by atoms with E-state index < -0.39 is 6.10 Å². The summed E-state index contributed by atoms with van der Waals surface area (Å²) >= 11 is 0. The maximum atomic E-state index is 13.2.